The van der Waals surface area contributed by atoms with Crippen LogP contribution in [0.5, 0.6) is 0 Å². The van der Waals surface area contributed by atoms with Gasteiger partial charge < -0.3 is 27.9 Å². The summed E-state index contributed by atoms with van der Waals surface area (Å²) >= 11 is 0. The summed E-state index contributed by atoms with van der Waals surface area (Å²) in [6.07, 6.45) is 12.6. The molecule has 0 N–H and O–H groups in total. The summed E-state index contributed by atoms with van der Waals surface area (Å²) in [5, 5.41) is 0. The first-order valence-electron chi connectivity index (χ1n) is 12.3. The van der Waals surface area contributed by atoms with Crippen molar-refractivity contribution in [2.24, 2.45) is 0 Å². The van der Waals surface area contributed by atoms with Crippen LogP contribution in [0.2, 0.25) is 0 Å². The molecule has 2 rings (SSSR count). The van der Waals surface area contributed by atoms with Gasteiger partial charge in [0, 0.05) is 0 Å². The normalized spacial score (nSPS) is 10.9. The zero-order valence-corrected chi connectivity index (χ0v) is 24.9. The van der Waals surface area contributed by atoms with E-state index in [4.69, 9.17) is 0 Å². The Bertz CT molecular complexity index is 749. The Morgan fingerprint density at radius 3 is 1.03 bits per heavy atom. The van der Waals surface area contributed by atoms with Gasteiger partial charge in [-0.1, -0.05) is 0 Å². The molecule has 0 saturated heterocycles. The third kappa shape index (κ3) is 19.8. The van der Waals surface area contributed by atoms with Crippen molar-refractivity contribution in [3.8, 4) is 0 Å². The first-order valence-corrected chi connectivity index (χ1v) is 15.2. The number of nitrogens with zero attached hydrogens (tertiary/aromatic N) is 4. The lowest BCUT2D eigenvalue weighted by Crippen LogP contribution is -2.28. The molecule has 0 aliphatic carbocycles. The van der Waals surface area contributed by atoms with Gasteiger partial charge in [0.2, 0.25) is 12.7 Å². The van der Waals surface area contributed by atoms with Crippen molar-refractivity contribution < 1.29 is 46.1 Å². The predicted octanol–water partition coefficient (Wildman–Crippen LogP) is 2.69. The molecule has 12 nitrogen and oxygen atoms in total. The van der Waals surface area contributed by atoms with Crippen molar-refractivity contribution in [2.45, 2.75) is 81.6 Å². The molecule has 0 aromatic carbocycles. The maximum Gasteiger partial charge on any atom is 0.267 e. The van der Waals surface area contributed by atoms with Gasteiger partial charge in [-0.25, -0.2) is 18.3 Å². The lowest BCUT2D eigenvalue weighted by Gasteiger charge is -2.20. The third-order valence-corrected chi connectivity index (χ3v) is 6.40. The van der Waals surface area contributed by atoms with E-state index in [2.05, 4.69) is 102 Å². The molecule has 212 valence electrons. The fourth-order valence-corrected chi connectivity index (χ4v) is 3.75. The second kappa shape index (κ2) is 21.7. The summed E-state index contributed by atoms with van der Waals surface area (Å²) in [6, 6.07) is 0. The van der Waals surface area contributed by atoms with Gasteiger partial charge in [-0.3, -0.25) is 9.13 Å². The Morgan fingerprint density at radius 1 is 0.611 bits per heavy atom. The number of aryl methyl sites for hydroxylation is 4. The highest BCUT2D eigenvalue weighted by molar-refractivity contribution is 7.46. The molecule has 0 radical (unpaired) electrons. The summed E-state index contributed by atoms with van der Waals surface area (Å²) in [5.41, 5.74) is 0. The number of hydrogen-bond donors (Lipinski definition) is 0. The van der Waals surface area contributed by atoms with Crippen LogP contribution >= 0.6 is 15.6 Å². The smallest absolute Gasteiger partial charge is 0.267 e. The lowest BCUT2D eigenvalue weighted by atomic mass is 10.7. The van der Waals surface area contributed by atoms with E-state index in [-0.39, 0.29) is 26.4 Å². The van der Waals surface area contributed by atoms with Gasteiger partial charge in [0.05, 0.1) is 52.6 Å². The highest BCUT2D eigenvalue weighted by atomic mass is 31.2. The molecule has 0 atom stereocenters. The number of imidazole rings is 2. The van der Waals surface area contributed by atoms with Crippen molar-refractivity contribution >= 4 is 15.6 Å². The van der Waals surface area contributed by atoms with Gasteiger partial charge in [-0.05, 0) is 55.4 Å². The van der Waals surface area contributed by atoms with E-state index in [1.54, 1.807) is 27.7 Å². The number of hydrogen-bond acceptors (Lipinski definition) is 8. The Kier molecular flexibility index (Phi) is 22.2. The molecule has 2 aromatic heterocycles. The van der Waals surface area contributed by atoms with E-state index >= 15 is 0 Å². The summed E-state index contributed by atoms with van der Waals surface area (Å²) in [6.45, 7) is 19.7. The molecular formula is C22H46N4O8P2. The van der Waals surface area contributed by atoms with Crippen molar-refractivity contribution in [1.29, 1.82) is 0 Å². The SMILES string of the molecule is CCOP(=O)([O-])OCC.CCOP(=O)([O-])OCC.CCn1cc[n+](CC)c1.CCn1cc[n+](CC)c1. The Labute approximate surface area is 216 Å². The zero-order valence-electron chi connectivity index (χ0n) is 23.1. The van der Waals surface area contributed by atoms with Crippen molar-refractivity contribution in [3.05, 3.63) is 37.4 Å². The molecule has 36 heavy (non-hydrogen) atoms. The maximum absolute atomic E-state index is 10.4. The van der Waals surface area contributed by atoms with Gasteiger partial charge >= 0.3 is 0 Å². The molecule has 0 aliphatic rings. The van der Waals surface area contributed by atoms with E-state index in [0.717, 1.165) is 26.2 Å². The Morgan fingerprint density at radius 2 is 0.889 bits per heavy atom. The Balaban J connectivity index is 0. The van der Waals surface area contributed by atoms with Crippen LogP contribution < -0.4 is 18.9 Å². The largest absolute Gasteiger partial charge is 0.756 e. The van der Waals surface area contributed by atoms with E-state index in [0.29, 0.717) is 0 Å². The van der Waals surface area contributed by atoms with Crippen LogP contribution in [0.15, 0.2) is 37.4 Å². The number of phosphoric ester groups is 2. The molecule has 0 spiro atoms. The Hall–Kier alpha value is -1.36. The molecule has 2 aromatic rings. The minimum atomic E-state index is -3.94. The molecule has 2 heterocycles. The first-order chi connectivity index (χ1) is 17.0. The number of rotatable bonds is 12. The van der Waals surface area contributed by atoms with Gasteiger partial charge in [0.25, 0.3) is 15.6 Å². The molecule has 0 amide bonds. The quantitative estimate of drug-likeness (QED) is 0.288. The minimum Gasteiger partial charge on any atom is -0.756 e. The van der Waals surface area contributed by atoms with Crippen LogP contribution in [-0.2, 0) is 53.4 Å². The second-order valence-corrected chi connectivity index (χ2v) is 9.54. The average molecular weight is 557 g/mol. The number of phosphoric acid groups is 2. The van der Waals surface area contributed by atoms with Crippen LogP contribution in [0.4, 0.5) is 0 Å². The summed E-state index contributed by atoms with van der Waals surface area (Å²) in [5.74, 6) is 0. The first kappa shape index (κ1) is 36.8. The zero-order chi connectivity index (χ0) is 28.0. The summed E-state index contributed by atoms with van der Waals surface area (Å²) in [7, 11) is -7.89. The van der Waals surface area contributed by atoms with Crippen LogP contribution in [0.3, 0.4) is 0 Å². The fraction of sp³-hybridized carbons (Fsp3) is 0.727. The molecule has 0 saturated carbocycles. The van der Waals surface area contributed by atoms with Crippen LogP contribution in [0, 0.1) is 0 Å². The highest BCUT2D eigenvalue weighted by Crippen LogP contribution is 2.37. The monoisotopic (exact) mass is 556 g/mol. The molecule has 0 aliphatic heterocycles. The van der Waals surface area contributed by atoms with Crippen LogP contribution in [0.1, 0.15) is 55.4 Å². The standard InChI is InChI=1S/2C7H13N2.2C4H11O4P/c2*1-3-8-5-6-9(4-2)7-8;2*1-3-7-9(5,6)8-4-2/h2*5-7H,3-4H2,1-2H3;2*3-4H2,1-2H3,(H,5,6)/q2*+1;;/p-2. The van der Waals surface area contributed by atoms with Gasteiger partial charge in [0.15, 0.2) is 0 Å². The van der Waals surface area contributed by atoms with Gasteiger partial charge in [-0.15, -0.1) is 0 Å². The molecule has 0 fully saturated rings. The van der Waals surface area contributed by atoms with Crippen molar-refractivity contribution in [2.75, 3.05) is 26.4 Å². The second-order valence-electron chi connectivity index (χ2n) is 6.71. The molecule has 0 bridgehead atoms. The molecular weight excluding hydrogens is 510 g/mol. The number of aromatic nitrogens is 4. The summed E-state index contributed by atoms with van der Waals surface area (Å²) in [4.78, 5) is 20.8. The average Bonchev–Trinajstić information content (AvgIpc) is 3.49. The highest BCUT2D eigenvalue weighted by Gasteiger charge is 2.05. The van der Waals surface area contributed by atoms with Crippen molar-refractivity contribution in [1.82, 2.24) is 9.13 Å². The third-order valence-electron chi connectivity index (χ3n) is 4.10. The molecule has 14 heteroatoms. The van der Waals surface area contributed by atoms with Gasteiger partial charge in [-0.2, -0.15) is 0 Å². The van der Waals surface area contributed by atoms with E-state index in [1.807, 2.05) is 0 Å². The molecule has 0 unspecified atom stereocenters. The minimum absolute atomic E-state index is 0.126. The van der Waals surface area contributed by atoms with Gasteiger partial charge in [0.1, 0.15) is 24.8 Å². The topological polar surface area (TPSA) is 135 Å². The lowest BCUT2D eigenvalue weighted by molar-refractivity contribution is -0.693. The van der Waals surface area contributed by atoms with Crippen LogP contribution in [-0.4, -0.2) is 35.6 Å². The van der Waals surface area contributed by atoms with E-state index in [1.165, 1.54) is 0 Å². The fourth-order valence-electron chi connectivity index (χ4n) is 2.33. The van der Waals surface area contributed by atoms with E-state index in [9.17, 15) is 18.9 Å². The van der Waals surface area contributed by atoms with Crippen molar-refractivity contribution in [3.63, 3.8) is 0 Å². The predicted molar refractivity (Wildman–Crippen MR) is 134 cm³/mol. The maximum atomic E-state index is 10.4. The van der Waals surface area contributed by atoms with E-state index < -0.39 is 15.6 Å². The van der Waals surface area contributed by atoms with Crippen LogP contribution in [0.25, 0.3) is 0 Å². The summed E-state index contributed by atoms with van der Waals surface area (Å²) < 4.78 is 46.4.